The summed E-state index contributed by atoms with van der Waals surface area (Å²) in [7, 11) is 1.27. The molecule has 1 amide bonds. The van der Waals surface area contributed by atoms with Gasteiger partial charge in [-0.15, -0.1) is 0 Å². The summed E-state index contributed by atoms with van der Waals surface area (Å²) in [4.78, 5) is 39.3. The maximum absolute atomic E-state index is 12.5. The first-order valence-corrected chi connectivity index (χ1v) is 10.2. The van der Waals surface area contributed by atoms with Crippen LogP contribution >= 0.6 is 0 Å². The fourth-order valence-electron chi connectivity index (χ4n) is 3.86. The van der Waals surface area contributed by atoms with Gasteiger partial charge >= 0.3 is 5.97 Å². The molecule has 2 aliphatic rings. The minimum atomic E-state index is -0.767. The second kappa shape index (κ2) is 9.31. The van der Waals surface area contributed by atoms with Gasteiger partial charge in [-0.25, -0.2) is 0 Å². The Morgan fingerprint density at radius 2 is 1.94 bits per heavy atom. The first-order chi connectivity index (χ1) is 15.5. The van der Waals surface area contributed by atoms with Gasteiger partial charge in [-0.05, 0) is 17.7 Å². The van der Waals surface area contributed by atoms with Crippen molar-refractivity contribution in [2.45, 2.75) is 18.9 Å². The Balaban J connectivity index is 1.66. The second-order valence-electron chi connectivity index (χ2n) is 7.65. The van der Waals surface area contributed by atoms with Crippen LogP contribution in [-0.4, -0.2) is 67.4 Å². The standard InChI is InChI=1S/C22H24N2O8/c1-29-20(27)10-16(14-2-3-18-19(8-14)31-13-30-18)22-21(28)17(26)9-15(32-22)11-23-4-6-24(12-25)7-5-23/h2-3,8-9,12,16,28H,4-7,10-11,13H2,1H3/t16-/m1/s1. The number of aromatic hydroxyl groups is 1. The Hall–Kier alpha value is -3.53. The largest absolute Gasteiger partial charge is 0.502 e. The predicted molar refractivity (Wildman–Crippen MR) is 111 cm³/mol. The zero-order valence-electron chi connectivity index (χ0n) is 17.6. The Labute approximate surface area is 183 Å². The molecule has 2 aromatic rings. The van der Waals surface area contributed by atoms with Crippen molar-refractivity contribution in [1.82, 2.24) is 9.80 Å². The van der Waals surface area contributed by atoms with Crippen LogP contribution in [0.4, 0.5) is 0 Å². The SMILES string of the molecule is COC(=O)C[C@H](c1ccc2c(c1)OCO2)c1oc(CN2CCN(C=O)CC2)cc(=O)c1O. The molecule has 170 valence electrons. The fraction of sp³-hybridized carbons (Fsp3) is 0.409. The van der Waals surface area contributed by atoms with Crippen molar-refractivity contribution in [3.8, 4) is 17.2 Å². The van der Waals surface area contributed by atoms with E-state index in [4.69, 9.17) is 18.6 Å². The summed E-state index contributed by atoms with van der Waals surface area (Å²) in [5, 5.41) is 10.5. The smallest absolute Gasteiger partial charge is 0.306 e. The number of methoxy groups -OCH3 is 1. The Kier molecular flexibility index (Phi) is 6.31. The summed E-state index contributed by atoms with van der Waals surface area (Å²) in [5.74, 6) is -0.420. The van der Waals surface area contributed by atoms with E-state index in [2.05, 4.69) is 4.90 Å². The monoisotopic (exact) mass is 444 g/mol. The molecule has 0 aliphatic carbocycles. The van der Waals surface area contributed by atoms with Crippen molar-refractivity contribution < 1.29 is 33.3 Å². The number of fused-ring (bicyclic) bond motifs is 1. The topological polar surface area (TPSA) is 119 Å². The first-order valence-electron chi connectivity index (χ1n) is 10.2. The Bertz CT molecular complexity index is 1060. The van der Waals surface area contributed by atoms with Crippen LogP contribution in [0.5, 0.6) is 17.2 Å². The third-order valence-electron chi connectivity index (χ3n) is 5.65. The molecular formula is C22H24N2O8. The zero-order valence-corrected chi connectivity index (χ0v) is 17.6. The van der Waals surface area contributed by atoms with Crippen LogP contribution in [0.15, 0.2) is 33.5 Å². The number of piperazine rings is 1. The molecule has 0 spiro atoms. The van der Waals surface area contributed by atoms with Gasteiger partial charge in [0.15, 0.2) is 17.3 Å². The number of nitrogens with zero attached hydrogens (tertiary/aromatic N) is 2. The van der Waals surface area contributed by atoms with E-state index in [0.29, 0.717) is 55.5 Å². The van der Waals surface area contributed by atoms with Gasteiger partial charge in [0.2, 0.25) is 24.4 Å². The Morgan fingerprint density at radius 3 is 2.66 bits per heavy atom. The van der Waals surface area contributed by atoms with Gasteiger partial charge in [-0.1, -0.05) is 6.07 Å². The van der Waals surface area contributed by atoms with Crippen LogP contribution in [-0.2, 0) is 20.9 Å². The van der Waals surface area contributed by atoms with E-state index in [-0.39, 0.29) is 19.0 Å². The van der Waals surface area contributed by atoms with Gasteiger partial charge in [-0.2, -0.15) is 0 Å². The molecular weight excluding hydrogens is 420 g/mol. The molecule has 0 bridgehead atoms. The normalized spacial score (nSPS) is 16.6. The molecule has 1 aromatic heterocycles. The van der Waals surface area contributed by atoms with Crippen LogP contribution < -0.4 is 14.9 Å². The minimum absolute atomic E-state index is 0.0108. The quantitative estimate of drug-likeness (QED) is 0.494. The molecule has 4 rings (SSSR count). The summed E-state index contributed by atoms with van der Waals surface area (Å²) in [6.45, 7) is 2.86. The van der Waals surface area contributed by atoms with Crippen molar-refractivity contribution in [2.24, 2.45) is 0 Å². The predicted octanol–water partition coefficient (Wildman–Crippen LogP) is 1.04. The molecule has 0 unspecified atom stereocenters. The van der Waals surface area contributed by atoms with Crippen LogP contribution in [0, 0.1) is 0 Å². The highest BCUT2D eigenvalue weighted by atomic mass is 16.7. The number of carbonyl (C=O) groups excluding carboxylic acids is 2. The molecule has 1 N–H and O–H groups in total. The first kappa shape index (κ1) is 21.7. The molecule has 32 heavy (non-hydrogen) atoms. The van der Waals surface area contributed by atoms with Gasteiger partial charge in [-0.3, -0.25) is 19.3 Å². The number of amides is 1. The molecule has 0 saturated carbocycles. The number of rotatable bonds is 7. The average Bonchev–Trinajstić information content (AvgIpc) is 3.28. The zero-order chi connectivity index (χ0) is 22.7. The number of esters is 1. The lowest BCUT2D eigenvalue weighted by molar-refractivity contribution is -0.141. The van der Waals surface area contributed by atoms with Crippen LogP contribution in [0.25, 0.3) is 0 Å². The summed E-state index contributed by atoms with van der Waals surface area (Å²) < 4.78 is 21.6. The van der Waals surface area contributed by atoms with Crippen LogP contribution in [0.1, 0.15) is 29.4 Å². The summed E-state index contributed by atoms with van der Waals surface area (Å²) in [5.41, 5.74) is 0.0123. The highest BCUT2D eigenvalue weighted by Gasteiger charge is 2.29. The highest BCUT2D eigenvalue weighted by Crippen LogP contribution is 2.39. The number of hydrogen-bond donors (Lipinski definition) is 1. The van der Waals surface area contributed by atoms with Crippen LogP contribution in [0.3, 0.4) is 0 Å². The van der Waals surface area contributed by atoms with Gasteiger partial charge < -0.3 is 28.6 Å². The molecule has 10 nitrogen and oxygen atoms in total. The van der Waals surface area contributed by atoms with E-state index >= 15 is 0 Å². The number of carbonyl (C=O) groups is 2. The van der Waals surface area contributed by atoms with E-state index in [9.17, 15) is 19.5 Å². The van der Waals surface area contributed by atoms with Gasteiger partial charge in [0, 0.05) is 32.2 Å². The molecule has 1 aromatic carbocycles. The van der Waals surface area contributed by atoms with E-state index in [1.807, 2.05) is 0 Å². The molecule has 1 atom stereocenters. The van der Waals surface area contributed by atoms with Crippen molar-refractivity contribution in [2.75, 3.05) is 40.1 Å². The maximum Gasteiger partial charge on any atom is 0.306 e. The molecule has 3 heterocycles. The number of benzene rings is 1. The van der Waals surface area contributed by atoms with Gasteiger partial charge in [0.05, 0.1) is 26.0 Å². The average molecular weight is 444 g/mol. The van der Waals surface area contributed by atoms with Crippen molar-refractivity contribution >= 4 is 12.4 Å². The summed E-state index contributed by atoms with van der Waals surface area (Å²) in [6.07, 6.45) is 0.674. The minimum Gasteiger partial charge on any atom is -0.502 e. The molecule has 1 fully saturated rings. The Morgan fingerprint density at radius 1 is 1.19 bits per heavy atom. The van der Waals surface area contributed by atoms with Gasteiger partial charge in [0.1, 0.15) is 5.76 Å². The third-order valence-corrected chi connectivity index (χ3v) is 5.65. The third kappa shape index (κ3) is 4.54. The van der Waals surface area contributed by atoms with Crippen LogP contribution in [0.2, 0.25) is 0 Å². The molecule has 1 saturated heterocycles. The van der Waals surface area contributed by atoms with E-state index in [1.165, 1.54) is 13.2 Å². The maximum atomic E-state index is 12.5. The van der Waals surface area contributed by atoms with Crippen molar-refractivity contribution in [3.05, 3.63) is 51.6 Å². The summed E-state index contributed by atoms with van der Waals surface area (Å²) >= 11 is 0. The second-order valence-corrected chi connectivity index (χ2v) is 7.65. The van der Waals surface area contributed by atoms with Crippen molar-refractivity contribution in [1.29, 1.82) is 0 Å². The summed E-state index contributed by atoms with van der Waals surface area (Å²) in [6, 6.07) is 6.37. The number of hydrogen-bond acceptors (Lipinski definition) is 9. The number of ether oxygens (including phenoxy) is 3. The highest BCUT2D eigenvalue weighted by molar-refractivity contribution is 5.71. The molecule has 10 heteroatoms. The lowest BCUT2D eigenvalue weighted by Gasteiger charge is -2.32. The van der Waals surface area contributed by atoms with Crippen molar-refractivity contribution in [3.63, 3.8) is 0 Å². The molecule has 2 aliphatic heterocycles. The van der Waals surface area contributed by atoms with E-state index in [1.54, 1.807) is 23.1 Å². The lowest BCUT2D eigenvalue weighted by Crippen LogP contribution is -2.45. The fourth-order valence-corrected chi connectivity index (χ4v) is 3.86. The van der Waals surface area contributed by atoms with E-state index < -0.39 is 23.1 Å². The van der Waals surface area contributed by atoms with Gasteiger partial charge in [0.25, 0.3) is 0 Å². The molecule has 0 radical (unpaired) electrons. The van der Waals surface area contributed by atoms with E-state index in [0.717, 1.165) is 6.41 Å². The lowest BCUT2D eigenvalue weighted by atomic mass is 9.92.